The molecule has 0 aliphatic carbocycles. The summed E-state index contributed by atoms with van der Waals surface area (Å²) < 4.78 is 19.5. The molecule has 18 heavy (non-hydrogen) atoms. The van der Waals surface area contributed by atoms with Crippen LogP contribution in [0.15, 0.2) is 36.4 Å². The fraction of sp³-hybridized carbons (Fsp3) is 0.0769. The SMILES string of the molecule is COc1cc(Nc2ccc(I)cc2)c(N)cc1F. The second-order valence-corrected chi connectivity index (χ2v) is 4.95. The van der Waals surface area contributed by atoms with Crippen molar-refractivity contribution in [1.82, 2.24) is 0 Å². The standard InChI is InChI=1S/C13H12FIN2O/c1-18-13-7-12(11(16)6-10(13)14)17-9-4-2-8(15)3-5-9/h2-7,17H,16H2,1H3. The predicted molar refractivity (Wildman–Crippen MR) is 79.8 cm³/mol. The Bertz CT molecular complexity index is 558. The van der Waals surface area contributed by atoms with Crippen molar-refractivity contribution in [1.29, 1.82) is 0 Å². The number of nitrogens with one attached hydrogen (secondary N) is 1. The third-order valence-corrected chi connectivity index (χ3v) is 3.17. The van der Waals surface area contributed by atoms with Crippen LogP contribution in [-0.2, 0) is 0 Å². The Kier molecular flexibility index (Phi) is 3.90. The van der Waals surface area contributed by atoms with E-state index >= 15 is 0 Å². The molecule has 0 unspecified atom stereocenters. The van der Waals surface area contributed by atoms with Crippen molar-refractivity contribution in [2.75, 3.05) is 18.2 Å². The van der Waals surface area contributed by atoms with Gasteiger partial charge in [0.25, 0.3) is 0 Å². The van der Waals surface area contributed by atoms with E-state index in [1.807, 2.05) is 24.3 Å². The molecule has 2 aromatic carbocycles. The molecule has 0 aromatic heterocycles. The first-order valence-electron chi connectivity index (χ1n) is 5.26. The van der Waals surface area contributed by atoms with Gasteiger partial charge in [-0.1, -0.05) is 0 Å². The number of benzene rings is 2. The zero-order valence-corrected chi connectivity index (χ0v) is 11.9. The Morgan fingerprint density at radius 3 is 2.50 bits per heavy atom. The van der Waals surface area contributed by atoms with Crippen molar-refractivity contribution in [3.8, 4) is 5.75 Å². The molecule has 94 valence electrons. The summed E-state index contributed by atoms with van der Waals surface area (Å²) in [5, 5.41) is 3.13. The number of anilines is 3. The highest BCUT2D eigenvalue weighted by molar-refractivity contribution is 14.1. The van der Waals surface area contributed by atoms with Gasteiger partial charge in [0.2, 0.25) is 0 Å². The summed E-state index contributed by atoms with van der Waals surface area (Å²) in [6.07, 6.45) is 0. The summed E-state index contributed by atoms with van der Waals surface area (Å²) in [4.78, 5) is 0. The molecule has 0 saturated heterocycles. The second-order valence-electron chi connectivity index (χ2n) is 3.71. The van der Waals surface area contributed by atoms with Gasteiger partial charge in [-0.15, -0.1) is 0 Å². The molecule has 3 N–H and O–H groups in total. The van der Waals surface area contributed by atoms with Gasteiger partial charge in [0, 0.05) is 21.4 Å². The molecular formula is C13H12FIN2O. The molecule has 0 amide bonds. The first-order valence-corrected chi connectivity index (χ1v) is 6.33. The van der Waals surface area contributed by atoms with Gasteiger partial charge in [0.1, 0.15) is 0 Å². The molecule has 0 radical (unpaired) electrons. The topological polar surface area (TPSA) is 47.3 Å². The monoisotopic (exact) mass is 358 g/mol. The quantitative estimate of drug-likeness (QED) is 0.649. The van der Waals surface area contributed by atoms with Crippen LogP contribution in [0.5, 0.6) is 5.75 Å². The number of halogens is 2. The number of nitrogens with two attached hydrogens (primary N) is 1. The Morgan fingerprint density at radius 2 is 1.89 bits per heavy atom. The lowest BCUT2D eigenvalue weighted by molar-refractivity contribution is 0.387. The zero-order valence-electron chi connectivity index (χ0n) is 9.71. The van der Waals surface area contributed by atoms with E-state index in [0.29, 0.717) is 11.4 Å². The molecule has 2 aromatic rings. The average molecular weight is 358 g/mol. The summed E-state index contributed by atoms with van der Waals surface area (Å²) in [6.45, 7) is 0. The van der Waals surface area contributed by atoms with Gasteiger partial charge in [-0.2, -0.15) is 0 Å². The highest BCUT2D eigenvalue weighted by atomic mass is 127. The van der Waals surface area contributed by atoms with Crippen molar-refractivity contribution in [2.24, 2.45) is 0 Å². The van der Waals surface area contributed by atoms with E-state index in [4.69, 9.17) is 10.5 Å². The van der Waals surface area contributed by atoms with Gasteiger partial charge in [-0.05, 0) is 46.9 Å². The highest BCUT2D eigenvalue weighted by Crippen LogP contribution is 2.30. The molecule has 2 rings (SSSR count). The van der Waals surface area contributed by atoms with Crippen LogP contribution in [-0.4, -0.2) is 7.11 Å². The van der Waals surface area contributed by atoms with Crippen molar-refractivity contribution in [3.63, 3.8) is 0 Å². The van der Waals surface area contributed by atoms with E-state index in [1.54, 1.807) is 6.07 Å². The number of hydrogen-bond acceptors (Lipinski definition) is 3. The summed E-state index contributed by atoms with van der Waals surface area (Å²) in [5.41, 5.74) is 7.61. The molecule has 5 heteroatoms. The zero-order chi connectivity index (χ0) is 13.1. The van der Waals surface area contributed by atoms with E-state index in [0.717, 1.165) is 9.26 Å². The third-order valence-electron chi connectivity index (χ3n) is 2.45. The van der Waals surface area contributed by atoms with Gasteiger partial charge in [-0.3, -0.25) is 0 Å². The van der Waals surface area contributed by atoms with Crippen LogP contribution >= 0.6 is 22.6 Å². The Labute approximate surface area is 118 Å². The van der Waals surface area contributed by atoms with E-state index in [9.17, 15) is 4.39 Å². The maximum atomic E-state index is 13.4. The Hall–Kier alpha value is -1.50. The lowest BCUT2D eigenvalue weighted by Crippen LogP contribution is -1.99. The van der Waals surface area contributed by atoms with E-state index < -0.39 is 5.82 Å². The van der Waals surface area contributed by atoms with Crippen molar-refractivity contribution < 1.29 is 9.13 Å². The minimum absolute atomic E-state index is 0.164. The number of nitrogen functional groups attached to an aromatic ring is 1. The first-order chi connectivity index (χ1) is 8.60. The maximum Gasteiger partial charge on any atom is 0.167 e. The summed E-state index contributed by atoms with van der Waals surface area (Å²) in [5.74, 6) is -0.305. The van der Waals surface area contributed by atoms with Crippen LogP contribution in [0.3, 0.4) is 0 Å². The van der Waals surface area contributed by atoms with Gasteiger partial charge in [0.15, 0.2) is 11.6 Å². The van der Waals surface area contributed by atoms with Gasteiger partial charge < -0.3 is 15.8 Å². The first kappa shape index (κ1) is 12.9. The fourth-order valence-electron chi connectivity index (χ4n) is 1.52. The van der Waals surface area contributed by atoms with E-state index in [1.165, 1.54) is 13.2 Å². The predicted octanol–water partition coefficient (Wildman–Crippen LogP) is 3.76. The largest absolute Gasteiger partial charge is 0.494 e. The molecular weight excluding hydrogens is 346 g/mol. The lowest BCUT2D eigenvalue weighted by atomic mass is 10.2. The number of ether oxygens (including phenoxy) is 1. The fourth-order valence-corrected chi connectivity index (χ4v) is 1.88. The maximum absolute atomic E-state index is 13.4. The van der Waals surface area contributed by atoms with E-state index in [-0.39, 0.29) is 5.75 Å². The van der Waals surface area contributed by atoms with E-state index in [2.05, 4.69) is 27.9 Å². The lowest BCUT2D eigenvalue weighted by Gasteiger charge is -2.11. The second kappa shape index (κ2) is 5.43. The molecule has 3 nitrogen and oxygen atoms in total. The number of methoxy groups -OCH3 is 1. The highest BCUT2D eigenvalue weighted by Gasteiger charge is 2.08. The van der Waals surface area contributed by atoms with Crippen LogP contribution in [0.2, 0.25) is 0 Å². The van der Waals surface area contributed by atoms with Crippen LogP contribution in [0, 0.1) is 9.39 Å². The van der Waals surface area contributed by atoms with Crippen LogP contribution in [0.25, 0.3) is 0 Å². The smallest absolute Gasteiger partial charge is 0.167 e. The molecule has 0 heterocycles. The minimum Gasteiger partial charge on any atom is -0.494 e. The molecule has 0 aliphatic heterocycles. The third kappa shape index (κ3) is 2.84. The Balaban J connectivity index is 2.31. The summed E-state index contributed by atoms with van der Waals surface area (Å²) in [6, 6.07) is 10.6. The van der Waals surface area contributed by atoms with Crippen molar-refractivity contribution in [3.05, 3.63) is 45.8 Å². The average Bonchev–Trinajstić information content (AvgIpc) is 2.35. The van der Waals surface area contributed by atoms with Crippen LogP contribution in [0.4, 0.5) is 21.5 Å². The summed E-state index contributed by atoms with van der Waals surface area (Å²) in [7, 11) is 1.42. The number of rotatable bonds is 3. The Morgan fingerprint density at radius 1 is 1.22 bits per heavy atom. The normalized spacial score (nSPS) is 10.2. The van der Waals surface area contributed by atoms with Crippen molar-refractivity contribution >= 4 is 39.7 Å². The van der Waals surface area contributed by atoms with Gasteiger partial charge in [0.05, 0.1) is 18.5 Å². The molecule has 0 aliphatic rings. The van der Waals surface area contributed by atoms with Crippen molar-refractivity contribution in [2.45, 2.75) is 0 Å². The summed E-state index contributed by atoms with van der Waals surface area (Å²) >= 11 is 2.23. The van der Waals surface area contributed by atoms with Crippen LogP contribution in [0.1, 0.15) is 0 Å². The molecule has 0 saturated carbocycles. The minimum atomic E-state index is -0.469. The molecule has 0 fully saturated rings. The molecule has 0 atom stereocenters. The molecule has 0 bridgehead atoms. The molecule has 0 spiro atoms. The van der Waals surface area contributed by atoms with Gasteiger partial charge >= 0.3 is 0 Å². The van der Waals surface area contributed by atoms with Gasteiger partial charge in [-0.25, -0.2) is 4.39 Å². The number of hydrogen-bond donors (Lipinski definition) is 2. The van der Waals surface area contributed by atoms with Crippen LogP contribution < -0.4 is 15.8 Å².